The summed E-state index contributed by atoms with van der Waals surface area (Å²) in [5.74, 6) is 0.0561. The van der Waals surface area contributed by atoms with Gasteiger partial charge in [-0.25, -0.2) is 14.8 Å². The molecule has 0 spiro atoms. The van der Waals surface area contributed by atoms with Crippen LogP contribution in [0.1, 0.15) is 10.4 Å². The maximum absolute atomic E-state index is 11.6. The number of ether oxygens (including phenoxy) is 1. The van der Waals surface area contributed by atoms with E-state index in [0.29, 0.717) is 17.1 Å². The van der Waals surface area contributed by atoms with Crippen LogP contribution in [0.25, 0.3) is 0 Å². The summed E-state index contributed by atoms with van der Waals surface area (Å²) in [6.07, 6.45) is 1.29. The average Bonchev–Trinajstić information content (AvgIpc) is 2.43. The Morgan fingerprint density at radius 1 is 1.26 bits per heavy atom. The number of nitrogens with zero attached hydrogens (tertiary/aromatic N) is 2. The Kier molecular flexibility index (Phi) is 3.46. The summed E-state index contributed by atoms with van der Waals surface area (Å²) in [7, 11) is 1.32. The van der Waals surface area contributed by atoms with E-state index in [0.717, 1.165) is 0 Å². The SMILES string of the molecule is COC(=O)c1ccccc1Nc1ncnc(N)c1N. The van der Waals surface area contributed by atoms with Crippen LogP contribution in [0.5, 0.6) is 0 Å². The van der Waals surface area contributed by atoms with E-state index in [1.54, 1.807) is 24.3 Å². The molecule has 5 N–H and O–H groups in total. The molecule has 0 bridgehead atoms. The monoisotopic (exact) mass is 259 g/mol. The van der Waals surface area contributed by atoms with Gasteiger partial charge in [-0.3, -0.25) is 0 Å². The zero-order chi connectivity index (χ0) is 13.8. The predicted molar refractivity (Wildman–Crippen MR) is 71.9 cm³/mol. The number of para-hydroxylation sites is 1. The number of aromatic nitrogens is 2. The van der Waals surface area contributed by atoms with Crippen LogP contribution in [0.3, 0.4) is 0 Å². The molecule has 1 aromatic heterocycles. The van der Waals surface area contributed by atoms with Gasteiger partial charge in [0.15, 0.2) is 11.6 Å². The molecule has 7 nitrogen and oxygen atoms in total. The molecule has 2 aromatic rings. The summed E-state index contributed by atoms with van der Waals surface area (Å²) in [4.78, 5) is 19.4. The maximum Gasteiger partial charge on any atom is 0.339 e. The topological polar surface area (TPSA) is 116 Å². The Labute approximate surface area is 109 Å². The summed E-state index contributed by atoms with van der Waals surface area (Å²) < 4.78 is 4.70. The van der Waals surface area contributed by atoms with E-state index in [4.69, 9.17) is 16.2 Å². The van der Waals surface area contributed by atoms with Crippen molar-refractivity contribution in [2.24, 2.45) is 0 Å². The van der Waals surface area contributed by atoms with E-state index in [9.17, 15) is 4.79 Å². The number of nitrogens with two attached hydrogens (primary N) is 2. The minimum absolute atomic E-state index is 0.174. The van der Waals surface area contributed by atoms with Crippen LogP contribution in [-0.2, 0) is 4.74 Å². The lowest BCUT2D eigenvalue weighted by molar-refractivity contribution is 0.0602. The third-order valence-electron chi connectivity index (χ3n) is 2.50. The highest BCUT2D eigenvalue weighted by Gasteiger charge is 2.13. The number of nitrogen functional groups attached to an aromatic ring is 2. The van der Waals surface area contributed by atoms with Gasteiger partial charge < -0.3 is 21.5 Å². The van der Waals surface area contributed by atoms with Crippen LogP contribution in [0.4, 0.5) is 23.0 Å². The Bertz CT molecular complexity index is 615. The molecule has 0 amide bonds. The van der Waals surface area contributed by atoms with Crippen LogP contribution in [-0.4, -0.2) is 23.0 Å². The van der Waals surface area contributed by atoms with Gasteiger partial charge >= 0.3 is 5.97 Å². The summed E-state index contributed by atoms with van der Waals surface area (Å²) in [5, 5.41) is 2.94. The fraction of sp³-hybridized carbons (Fsp3) is 0.0833. The van der Waals surface area contributed by atoms with Gasteiger partial charge in [-0.1, -0.05) is 12.1 Å². The van der Waals surface area contributed by atoms with Gasteiger partial charge in [0.05, 0.1) is 18.4 Å². The quantitative estimate of drug-likeness (QED) is 0.708. The Hall–Kier alpha value is -2.83. The number of anilines is 4. The fourth-order valence-electron chi connectivity index (χ4n) is 1.52. The minimum Gasteiger partial charge on any atom is -0.465 e. The fourth-order valence-corrected chi connectivity index (χ4v) is 1.52. The molecule has 0 atom stereocenters. The number of hydrogen-bond donors (Lipinski definition) is 3. The van der Waals surface area contributed by atoms with E-state index < -0.39 is 5.97 Å². The van der Waals surface area contributed by atoms with Crippen molar-refractivity contribution in [3.63, 3.8) is 0 Å². The molecule has 0 saturated carbocycles. The third-order valence-corrected chi connectivity index (χ3v) is 2.50. The summed E-state index contributed by atoms with van der Waals surface area (Å²) in [6, 6.07) is 6.85. The van der Waals surface area contributed by atoms with E-state index in [2.05, 4.69) is 15.3 Å². The van der Waals surface area contributed by atoms with Gasteiger partial charge in [0.2, 0.25) is 0 Å². The molecule has 0 unspecified atom stereocenters. The van der Waals surface area contributed by atoms with Gasteiger partial charge in [-0.2, -0.15) is 0 Å². The first-order valence-corrected chi connectivity index (χ1v) is 5.43. The largest absolute Gasteiger partial charge is 0.465 e. The first kappa shape index (κ1) is 12.6. The van der Waals surface area contributed by atoms with Crippen LogP contribution < -0.4 is 16.8 Å². The van der Waals surface area contributed by atoms with Crippen molar-refractivity contribution < 1.29 is 9.53 Å². The second kappa shape index (κ2) is 5.21. The zero-order valence-corrected chi connectivity index (χ0v) is 10.3. The van der Waals surface area contributed by atoms with Crippen LogP contribution in [0.2, 0.25) is 0 Å². The lowest BCUT2D eigenvalue weighted by Crippen LogP contribution is -2.08. The maximum atomic E-state index is 11.6. The smallest absolute Gasteiger partial charge is 0.339 e. The molecule has 0 aliphatic rings. The molecule has 1 heterocycles. The molecule has 0 radical (unpaired) electrons. The summed E-state index contributed by atoms with van der Waals surface area (Å²) >= 11 is 0. The second-order valence-electron chi connectivity index (χ2n) is 3.68. The number of nitrogens with one attached hydrogen (secondary N) is 1. The van der Waals surface area contributed by atoms with Crippen molar-refractivity contribution in [2.45, 2.75) is 0 Å². The summed E-state index contributed by atoms with van der Waals surface area (Å²) in [5.41, 5.74) is 12.5. The van der Waals surface area contributed by atoms with Gasteiger partial charge in [-0.15, -0.1) is 0 Å². The molecule has 0 saturated heterocycles. The number of benzene rings is 1. The molecular weight excluding hydrogens is 246 g/mol. The van der Waals surface area contributed by atoms with E-state index >= 15 is 0 Å². The van der Waals surface area contributed by atoms with Crippen molar-refractivity contribution in [3.05, 3.63) is 36.2 Å². The molecule has 7 heteroatoms. The van der Waals surface area contributed by atoms with E-state index in [1.807, 2.05) is 0 Å². The van der Waals surface area contributed by atoms with Crippen molar-refractivity contribution >= 4 is 29.0 Å². The highest BCUT2D eigenvalue weighted by atomic mass is 16.5. The van der Waals surface area contributed by atoms with E-state index in [-0.39, 0.29) is 11.5 Å². The molecule has 1 aromatic carbocycles. The van der Waals surface area contributed by atoms with Crippen molar-refractivity contribution in [3.8, 4) is 0 Å². The molecular formula is C12H13N5O2. The lowest BCUT2D eigenvalue weighted by atomic mass is 10.2. The molecule has 19 heavy (non-hydrogen) atoms. The first-order valence-electron chi connectivity index (χ1n) is 5.43. The molecule has 98 valence electrons. The molecule has 2 rings (SSSR count). The first-order chi connectivity index (χ1) is 9.13. The standard InChI is InChI=1S/C12H13N5O2/c1-19-12(18)7-4-2-3-5-8(7)17-11-9(13)10(14)15-6-16-11/h2-6H,13H2,1H3,(H3,14,15,16,17). The number of hydrogen-bond acceptors (Lipinski definition) is 7. The highest BCUT2D eigenvalue weighted by Crippen LogP contribution is 2.26. The third kappa shape index (κ3) is 2.54. The van der Waals surface area contributed by atoms with Gasteiger partial charge in [0.25, 0.3) is 0 Å². The molecule has 0 aliphatic heterocycles. The van der Waals surface area contributed by atoms with Crippen LogP contribution in [0.15, 0.2) is 30.6 Å². The molecule has 0 fully saturated rings. The minimum atomic E-state index is -0.455. The predicted octanol–water partition coefficient (Wildman–Crippen LogP) is 1.17. The highest BCUT2D eigenvalue weighted by molar-refractivity contribution is 5.96. The van der Waals surface area contributed by atoms with E-state index in [1.165, 1.54) is 13.4 Å². The lowest BCUT2D eigenvalue weighted by Gasteiger charge is -2.11. The Balaban J connectivity index is 2.39. The zero-order valence-electron chi connectivity index (χ0n) is 10.3. The van der Waals surface area contributed by atoms with Gasteiger partial charge in [0.1, 0.15) is 12.0 Å². The van der Waals surface area contributed by atoms with Crippen molar-refractivity contribution in [1.82, 2.24) is 9.97 Å². The number of carbonyl (C=O) groups is 1. The van der Waals surface area contributed by atoms with Crippen molar-refractivity contribution in [2.75, 3.05) is 23.9 Å². The van der Waals surface area contributed by atoms with Gasteiger partial charge in [-0.05, 0) is 12.1 Å². The van der Waals surface area contributed by atoms with Crippen molar-refractivity contribution in [1.29, 1.82) is 0 Å². The Morgan fingerprint density at radius 3 is 2.74 bits per heavy atom. The number of rotatable bonds is 3. The number of methoxy groups -OCH3 is 1. The average molecular weight is 259 g/mol. The van der Waals surface area contributed by atoms with Crippen LogP contribution >= 0.6 is 0 Å². The number of carbonyl (C=O) groups excluding carboxylic acids is 1. The number of esters is 1. The summed E-state index contributed by atoms with van der Waals surface area (Å²) in [6.45, 7) is 0. The van der Waals surface area contributed by atoms with Gasteiger partial charge in [0, 0.05) is 0 Å². The molecule has 0 aliphatic carbocycles. The Morgan fingerprint density at radius 2 is 2.00 bits per heavy atom. The van der Waals surface area contributed by atoms with Crippen LogP contribution in [0, 0.1) is 0 Å². The normalized spacial score (nSPS) is 9.95. The second-order valence-corrected chi connectivity index (χ2v) is 3.68.